The van der Waals surface area contributed by atoms with Crippen LogP contribution in [0.1, 0.15) is 10.4 Å². The van der Waals surface area contributed by atoms with Crippen molar-refractivity contribution in [2.75, 3.05) is 12.4 Å². The number of anilines is 2. The van der Waals surface area contributed by atoms with Crippen LogP contribution in [0.3, 0.4) is 0 Å². The van der Waals surface area contributed by atoms with E-state index in [0.29, 0.717) is 28.1 Å². The number of nitrogens with one attached hydrogen (secondary N) is 1. The summed E-state index contributed by atoms with van der Waals surface area (Å²) in [6.45, 7) is 0. The molecule has 0 aliphatic carbocycles. The van der Waals surface area contributed by atoms with Crippen molar-refractivity contribution < 1.29 is 14.6 Å². The summed E-state index contributed by atoms with van der Waals surface area (Å²) in [5, 5.41) is 17.1. The number of rotatable bonds is 5. The Morgan fingerprint density at radius 3 is 2.61 bits per heavy atom. The maximum absolute atomic E-state index is 11.0. The summed E-state index contributed by atoms with van der Waals surface area (Å²) in [4.78, 5) is 15.4. The van der Waals surface area contributed by atoms with E-state index >= 15 is 0 Å². The Morgan fingerprint density at radius 1 is 1.14 bits per heavy atom. The van der Waals surface area contributed by atoms with Crippen molar-refractivity contribution >= 4 is 34.9 Å². The highest BCUT2D eigenvalue weighted by atomic mass is 35.5. The number of aromatic nitrogens is 3. The van der Waals surface area contributed by atoms with Gasteiger partial charge in [-0.15, -0.1) is 5.10 Å². The zero-order valence-corrected chi connectivity index (χ0v) is 15.5. The van der Waals surface area contributed by atoms with Crippen molar-refractivity contribution in [2.24, 2.45) is 0 Å². The van der Waals surface area contributed by atoms with E-state index in [1.165, 1.54) is 12.1 Å². The SMILES string of the molecule is COc1ccc(-c2cccc3nc(Nc4ccc(C(=O)O)cc4)nn23)cc1Cl. The highest BCUT2D eigenvalue weighted by molar-refractivity contribution is 6.32. The molecule has 28 heavy (non-hydrogen) atoms. The van der Waals surface area contributed by atoms with Crippen LogP contribution < -0.4 is 10.1 Å². The van der Waals surface area contributed by atoms with Crippen LogP contribution in [-0.2, 0) is 0 Å². The van der Waals surface area contributed by atoms with Gasteiger partial charge >= 0.3 is 5.97 Å². The summed E-state index contributed by atoms with van der Waals surface area (Å²) >= 11 is 6.25. The first-order chi connectivity index (χ1) is 13.5. The lowest BCUT2D eigenvalue weighted by Gasteiger charge is -2.07. The molecule has 2 N–H and O–H groups in total. The summed E-state index contributed by atoms with van der Waals surface area (Å²) in [5.41, 5.74) is 3.26. The fourth-order valence-electron chi connectivity index (χ4n) is 2.83. The van der Waals surface area contributed by atoms with Gasteiger partial charge in [-0.2, -0.15) is 4.98 Å². The summed E-state index contributed by atoms with van der Waals surface area (Å²) in [7, 11) is 1.57. The minimum atomic E-state index is -0.972. The van der Waals surface area contributed by atoms with E-state index in [0.717, 1.165) is 11.3 Å². The number of nitrogens with zero attached hydrogens (tertiary/aromatic N) is 3. The second-order valence-corrected chi connectivity index (χ2v) is 6.38. The average molecular weight is 395 g/mol. The molecule has 0 fully saturated rings. The molecule has 0 aliphatic rings. The average Bonchev–Trinajstić information content (AvgIpc) is 3.10. The normalized spacial score (nSPS) is 10.8. The van der Waals surface area contributed by atoms with E-state index in [1.807, 2.05) is 30.3 Å². The van der Waals surface area contributed by atoms with Crippen molar-refractivity contribution in [1.29, 1.82) is 0 Å². The molecular formula is C20H15ClN4O3. The summed E-state index contributed by atoms with van der Waals surface area (Å²) < 4.78 is 6.92. The second kappa shape index (κ2) is 7.21. The summed E-state index contributed by atoms with van der Waals surface area (Å²) in [5.74, 6) is 0.0266. The smallest absolute Gasteiger partial charge is 0.335 e. The Balaban J connectivity index is 1.69. The fourth-order valence-corrected chi connectivity index (χ4v) is 3.09. The number of hydrogen-bond acceptors (Lipinski definition) is 5. The van der Waals surface area contributed by atoms with Crippen LogP contribution in [0.4, 0.5) is 11.6 Å². The molecule has 0 atom stereocenters. The largest absolute Gasteiger partial charge is 0.495 e. The van der Waals surface area contributed by atoms with Gasteiger partial charge < -0.3 is 15.2 Å². The number of carbonyl (C=O) groups is 1. The Labute approximate surface area is 165 Å². The number of fused-ring (bicyclic) bond motifs is 1. The maximum atomic E-state index is 11.0. The van der Waals surface area contributed by atoms with Crippen LogP contribution >= 0.6 is 11.6 Å². The van der Waals surface area contributed by atoms with Crippen molar-refractivity contribution in [3.05, 3.63) is 71.2 Å². The third-order valence-electron chi connectivity index (χ3n) is 4.20. The van der Waals surface area contributed by atoms with Crippen LogP contribution in [0, 0.1) is 0 Å². The monoisotopic (exact) mass is 394 g/mol. The first-order valence-electron chi connectivity index (χ1n) is 8.35. The molecule has 0 saturated heterocycles. The number of pyridine rings is 1. The Bertz CT molecular complexity index is 1170. The fraction of sp³-hybridized carbons (Fsp3) is 0.0500. The third-order valence-corrected chi connectivity index (χ3v) is 4.49. The predicted molar refractivity (Wildman–Crippen MR) is 107 cm³/mol. The highest BCUT2D eigenvalue weighted by Gasteiger charge is 2.11. The molecule has 8 heteroatoms. The summed E-state index contributed by atoms with van der Waals surface area (Å²) in [6, 6.07) is 17.5. The van der Waals surface area contributed by atoms with Gasteiger partial charge in [0.2, 0.25) is 5.95 Å². The van der Waals surface area contributed by atoms with Crippen LogP contribution in [0.25, 0.3) is 16.9 Å². The number of carboxylic acid groups (broad SMARTS) is 1. The molecule has 0 unspecified atom stereocenters. The maximum Gasteiger partial charge on any atom is 0.335 e. The molecule has 7 nitrogen and oxygen atoms in total. The lowest BCUT2D eigenvalue weighted by molar-refractivity contribution is 0.0697. The number of benzene rings is 2. The van der Waals surface area contributed by atoms with E-state index < -0.39 is 5.97 Å². The van der Waals surface area contributed by atoms with Gasteiger partial charge in [-0.25, -0.2) is 9.31 Å². The highest BCUT2D eigenvalue weighted by Crippen LogP contribution is 2.30. The standard InChI is InChI=1S/C20H15ClN4O3/c1-28-17-10-7-13(11-15(17)21)16-3-2-4-18-23-20(24-25(16)18)22-14-8-5-12(6-9-14)19(26)27/h2-11H,1H3,(H,22,24)(H,26,27). The Kier molecular flexibility index (Phi) is 4.58. The van der Waals surface area contributed by atoms with Crippen molar-refractivity contribution in [3.8, 4) is 17.0 Å². The minimum absolute atomic E-state index is 0.215. The van der Waals surface area contributed by atoms with Crippen LogP contribution in [0.15, 0.2) is 60.7 Å². The Morgan fingerprint density at radius 2 is 1.93 bits per heavy atom. The number of carboxylic acids is 1. The van der Waals surface area contributed by atoms with Crippen LogP contribution in [0.5, 0.6) is 5.75 Å². The Hall–Kier alpha value is -3.58. The van der Waals surface area contributed by atoms with Gasteiger partial charge in [-0.3, -0.25) is 0 Å². The minimum Gasteiger partial charge on any atom is -0.495 e. The zero-order chi connectivity index (χ0) is 19.7. The number of ether oxygens (including phenoxy) is 1. The molecule has 4 rings (SSSR count). The number of hydrogen-bond donors (Lipinski definition) is 2. The molecule has 0 aliphatic heterocycles. The van der Waals surface area contributed by atoms with Gasteiger partial charge in [0.1, 0.15) is 5.75 Å². The van der Waals surface area contributed by atoms with E-state index in [2.05, 4.69) is 15.4 Å². The first kappa shape index (κ1) is 17.8. The molecule has 4 aromatic rings. The quantitative estimate of drug-likeness (QED) is 0.518. The number of halogens is 1. The molecule has 2 aromatic heterocycles. The van der Waals surface area contributed by atoms with Crippen LogP contribution in [-0.4, -0.2) is 32.8 Å². The topological polar surface area (TPSA) is 88.8 Å². The van der Waals surface area contributed by atoms with Crippen molar-refractivity contribution in [1.82, 2.24) is 14.6 Å². The molecule has 0 bridgehead atoms. The van der Waals surface area contributed by atoms with Gasteiger partial charge in [0, 0.05) is 11.3 Å². The van der Waals surface area contributed by atoms with Gasteiger partial charge in [-0.1, -0.05) is 17.7 Å². The molecule has 2 heterocycles. The van der Waals surface area contributed by atoms with Gasteiger partial charge in [0.05, 0.1) is 23.4 Å². The van der Waals surface area contributed by atoms with Crippen molar-refractivity contribution in [3.63, 3.8) is 0 Å². The first-order valence-corrected chi connectivity index (χ1v) is 8.73. The van der Waals surface area contributed by atoms with Gasteiger partial charge in [0.15, 0.2) is 5.65 Å². The lowest BCUT2D eigenvalue weighted by Crippen LogP contribution is -1.98. The molecule has 0 amide bonds. The third kappa shape index (κ3) is 3.35. The van der Waals surface area contributed by atoms with E-state index in [4.69, 9.17) is 21.4 Å². The lowest BCUT2D eigenvalue weighted by atomic mass is 10.1. The zero-order valence-electron chi connectivity index (χ0n) is 14.8. The van der Waals surface area contributed by atoms with E-state index in [-0.39, 0.29) is 5.56 Å². The molecule has 0 saturated carbocycles. The van der Waals surface area contributed by atoms with Crippen LogP contribution in [0.2, 0.25) is 5.02 Å². The number of aromatic carboxylic acids is 1. The summed E-state index contributed by atoms with van der Waals surface area (Å²) in [6.07, 6.45) is 0. The van der Waals surface area contributed by atoms with E-state index in [9.17, 15) is 4.79 Å². The van der Waals surface area contributed by atoms with Crippen molar-refractivity contribution in [2.45, 2.75) is 0 Å². The molecule has 0 radical (unpaired) electrons. The van der Waals surface area contributed by atoms with E-state index in [1.54, 1.807) is 29.8 Å². The molecular weight excluding hydrogens is 380 g/mol. The molecule has 2 aromatic carbocycles. The van der Waals surface area contributed by atoms with Gasteiger partial charge in [-0.05, 0) is 54.6 Å². The molecule has 140 valence electrons. The number of methoxy groups -OCH3 is 1. The second-order valence-electron chi connectivity index (χ2n) is 5.97. The van der Waals surface area contributed by atoms with Gasteiger partial charge in [0.25, 0.3) is 0 Å². The molecule has 0 spiro atoms. The predicted octanol–water partition coefficient (Wildman–Crippen LogP) is 4.50.